The molecule has 1 aromatic carbocycles. The van der Waals surface area contributed by atoms with Crippen molar-refractivity contribution in [2.75, 3.05) is 13.3 Å². The summed E-state index contributed by atoms with van der Waals surface area (Å²) >= 11 is 11.7. The van der Waals surface area contributed by atoms with E-state index in [0.29, 0.717) is 21.4 Å². The Morgan fingerprint density at radius 3 is 2.82 bits per heavy atom. The molecule has 0 saturated carbocycles. The summed E-state index contributed by atoms with van der Waals surface area (Å²) in [5, 5.41) is 10.9. The van der Waals surface area contributed by atoms with E-state index in [1.165, 1.54) is 0 Å². The highest BCUT2D eigenvalue weighted by Crippen LogP contribution is 2.23. The number of aliphatic hydroxyl groups is 1. The molecule has 2 rings (SSSR count). The summed E-state index contributed by atoms with van der Waals surface area (Å²) in [4.78, 5) is 15.3. The molecule has 0 spiro atoms. The van der Waals surface area contributed by atoms with Crippen LogP contribution in [0, 0.1) is 0 Å². The zero-order chi connectivity index (χ0) is 12.4. The molecule has 0 aliphatic carbocycles. The number of amidine groups is 1. The molecule has 1 heterocycles. The second-order valence-corrected chi connectivity index (χ2v) is 4.18. The Labute approximate surface area is 108 Å². The minimum Gasteiger partial charge on any atom is -0.374 e. The van der Waals surface area contributed by atoms with Crippen molar-refractivity contribution in [1.29, 1.82) is 0 Å². The van der Waals surface area contributed by atoms with Crippen molar-refractivity contribution in [3.63, 3.8) is 0 Å². The van der Waals surface area contributed by atoms with Crippen molar-refractivity contribution in [2.24, 2.45) is 4.99 Å². The molecule has 2 N–H and O–H groups in total. The number of amides is 1. The second kappa shape index (κ2) is 4.91. The first-order valence-corrected chi connectivity index (χ1v) is 5.55. The van der Waals surface area contributed by atoms with Gasteiger partial charge >= 0.3 is 0 Å². The second-order valence-electron chi connectivity index (χ2n) is 3.37. The van der Waals surface area contributed by atoms with Crippen LogP contribution in [0.4, 0.5) is 0 Å². The third-order valence-electron chi connectivity index (χ3n) is 2.25. The van der Waals surface area contributed by atoms with Gasteiger partial charge in [0.2, 0.25) is 0 Å². The normalized spacial score (nSPS) is 15.6. The summed E-state index contributed by atoms with van der Waals surface area (Å²) in [6.07, 6.45) is 0. The summed E-state index contributed by atoms with van der Waals surface area (Å²) in [6.45, 7) is -0.428. The molecule has 0 aromatic heterocycles. The molecular formula is C10H9Cl2N3O2. The van der Waals surface area contributed by atoms with Crippen LogP contribution in [0.1, 0.15) is 5.56 Å². The molecule has 1 amide bonds. The zero-order valence-electron chi connectivity index (χ0n) is 8.65. The van der Waals surface area contributed by atoms with Gasteiger partial charge in [-0.2, -0.15) is 0 Å². The van der Waals surface area contributed by atoms with Gasteiger partial charge in [-0.25, -0.2) is 5.01 Å². The van der Waals surface area contributed by atoms with Crippen LogP contribution >= 0.6 is 23.2 Å². The van der Waals surface area contributed by atoms with Crippen molar-refractivity contribution in [3.8, 4) is 0 Å². The van der Waals surface area contributed by atoms with Crippen LogP contribution < -0.4 is 5.43 Å². The standard InChI is InChI=1S/C10H9Cl2N3O2/c11-7-2-1-6(3-8(7)12)10-13-4-9(17)15(5-16)14-10/h1-3,16H,4-5H2,(H,13,14). The predicted molar refractivity (Wildman–Crippen MR) is 64.9 cm³/mol. The van der Waals surface area contributed by atoms with Crippen LogP contribution in [-0.4, -0.2) is 35.1 Å². The van der Waals surface area contributed by atoms with Crippen LogP contribution in [0.25, 0.3) is 0 Å². The minimum absolute atomic E-state index is 0.0108. The van der Waals surface area contributed by atoms with Crippen molar-refractivity contribution in [3.05, 3.63) is 33.8 Å². The van der Waals surface area contributed by atoms with Crippen LogP contribution in [-0.2, 0) is 4.79 Å². The number of nitrogens with one attached hydrogen (secondary N) is 1. The maximum atomic E-state index is 11.3. The van der Waals surface area contributed by atoms with Gasteiger partial charge in [0.25, 0.3) is 5.91 Å². The number of carbonyl (C=O) groups is 1. The fourth-order valence-corrected chi connectivity index (χ4v) is 1.67. The summed E-state index contributed by atoms with van der Waals surface area (Å²) in [6, 6.07) is 5.01. The Kier molecular flexibility index (Phi) is 3.51. The smallest absolute Gasteiger partial charge is 0.264 e. The number of carbonyl (C=O) groups excluding carboxylic acids is 1. The fourth-order valence-electron chi connectivity index (χ4n) is 1.37. The summed E-state index contributed by atoms with van der Waals surface area (Å²) in [5.74, 6) is 0.175. The van der Waals surface area contributed by atoms with E-state index in [0.717, 1.165) is 5.01 Å². The highest BCUT2D eigenvalue weighted by atomic mass is 35.5. The van der Waals surface area contributed by atoms with Crippen molar-refractivity contribution >= 4 is 34.9 Å². The molecule has 0 atom stereocenters. The van der Waals surface area contributed by atoms with E-state index >= 15 is 0 Å². The average Bonchev–Trinajstić information content (AvgIpc) is 2.33. The quantitative estimate of drug-likeness (QED) is 0.846. The van der Waals surface area contributed by atoms with E-state index in [4.69, 9.17) is 28.3 Å². The van der Waals surface area contributed by atoms with Crippen molar-refractivity contribution < 1.29 is 9.90 Å². The molecule has 90 valence electrons. The van der Waals surface area contributed by atoms with E-state index in [2.05, 4.69) is 10.4 Å². The Balaban J connectivity index is 2.28. The number of rotatable bonds is 2. The van der Waals surface area contributed by atoms with Gasteiger partial charge in [-0.3, -0.25) is 15.2 Å². The van der Waals surface area contributed by atoms with Gasteiger partial charge < -0.3 is 5.11 Å². The van der Waals surface area contributed by atoms with Crippen molar-refractivity contribution in [1.82, 2.24) is 10.4 Å². The Morgan fingerprint density at radius 2 is 2.18 bits per heavy atom. The van der Waals surface area contributed by atoms with Crippen LogP contribution in [0.15, 0.2) is 23.2 Å². The number of nitrogens with zero attached hydrogens (tertiary/aromatic N) is 2. The van der Waals surface area contributed by atoms with Gasteiger partial charge in [0, 0.05) is 5.56 Å². The highest BCUT2D eigenvalue weighted by molar-refractivity contribution is 6.42. The molecule has 0 fully saturated rings. The predicted octanol–water partition coefficient (Wildman–Crippen LogP) is 1.04. The fraction of sp³-hybridized carbons (Fsp3) is 0.200. The number of halogens is 2. The van der Waals surface area contributed by atoms with Gasteiger partial charge in [0.05, 0.1) is 10.0 Å². The molecule has 5 nitrogen and oxygen atoms in total. The molecule has 1 aliphatic heterocycles. The Morgan fingerprint density at radius 1 is 1.41 bits per heavy atom. The largest absolute Gasteiger partial charge is 0.374 e. The average molecular weight is 274 g/mol. The molecule has 0 unspecified atom stereocenters. The van der Waals surface area contributed by atoms with E-state index in [-0.39, 0.29) is 12.5 Å². The lowest BCUT2D eigenvalue weighted by Gasteiger charge is -2.26. The molecule has 1 aromatic rings. The molecule has 7 heteroatoms. The lowest BCUT2D eigenvalue weighted by Crippen LogP contribution is -2.51. The molecule has 0 radical (unpaired) electrons. The summed E-state index contributed by atoms with van der Waals surface area (Å²) < 4.78 is 0. The number of hydrazine groups is 1. The van der Waals surface area contributed by atoms with Gasteiger partial charge in [-0.1, -0.05) is 23.2 Å². The van der Waals surface area contributed by atoms with E-state index in [1.807, 2.05) is 0 Å². The van der Waals surface area contributed by atoms with Gasteiger partial charge in [-0.15, -0.1) is 0 Å². The third kappa shape index (κ3) is 2.52. The Hall–Kier alpha value is -1.30. The lowest BCUT2D eigenvalue weighted by molar-refractivity contribution is -0.136. The van der Waals surface area contributed by atoms with Crippen LogP contribution in [0.2, 0.25) is 10.0 Å². The SMILES string of the molecule is O=C1CN=C(c2ccc(Cl)c(Cl)c2)NN1CO. The molecule has 0 saturated heterocycles. The van der Waals surface area contributed by atoms with E-state index < -0.39 is 6.73 Å². The topological polar surface area (TPSA) is 64.9 Å². The summed E-state index contributed by atoms with van der Waals surface area (Å²) in [7, 11) is 0. The first-order valence-electron chi connectivity index (χ1n) is 4.79. The maximum Gasteiger partial charge on any atom is 0.264 e. The molecular weight excluding hydrogens is 265 g/mol. The van der Waals surface area contributed by atoms with Crippen molar-refractivity contribution in [2.45, 2.75) is 0 Å². The number of aliphatic hydroxyl groups excluding tert-OH is 1. The number of hydrogen-bond acceptors (Lipinski definition) is 4. The lowest BCUT2D eigenvalue weighted by atomic mass is 10.2. The molecule has 17 heavy (non-hydrogen) atoms. The number of hydrogen-bond donors (Lipinski definition) is 2. The summed E-state index contributed by atoms with van der Waals surface area (Å²) in [5.41, 5.74) is 3.40. The molecule has 0 bridgehead atoms. The first kappa shape index (κ1) is 12.2. The first-order chi connectivity index (χ1) is 8.11. The molecule has 1 aliphatic rings. The third-order valence-corrected chi connectivity index (χ3v) is 2.99. The zero-order valence-corrected chi connectivity index (χ0v) is 10.2. The number of aliphatic imine (C=N–C) groups is 1. The van der Waals surface area contributed by atoms with Gasteiger partial charge in [0.1, 0.15) is 19.1 Å². The minimum atomic E-state index is -0.417. The number of benzene rings is 1. The van der Waals surface area contributed by atoms with Crippen LogP contribution in [0.5, 0.6) is 0 Å². The van der Waals surface area contributed by atoms with Crippen LogP contribution in [0.3, 0.4) is 0 Å². The van der Waals surface area contributed by atoms with Gasteiger partial charge in [0.15, 0.2) is 0 Å². The Bertz CT molecular complexity index is 490. The van der Waals surface area contributed by atoms with Gasteiger partial charge in [-0.05, 0) is 18.2 Å². The highest BCUT2D eigenvalue weighted by Gasteiger charge is 2.20. The monoisotopic (exact) mass is 273 g/mol. The maximum absolute atomic E-state index is 11.3. The van der Waals surface area contributed by atoms with E-state index in [1.54, 1.807) is 18.2 Å². The van der Waals surface area contributed by atoms with E-state index in [9.17, 15) is 4.79 Å².